The van der Waals surface area contributed by atoms with E-state index in [9.17, 15) is 10.1 Å². The van der Waals surface area contributed by atoms with E-state index in [1.807, 2.05) is 0 Å². The van der Waals surface area contributed by atoms with Crippen molar-refractivity contribution >= 4 is 0 Å². The Morgan fingerprint density at radius 2 is 2.36 bits per heavy atom. The highest BCUT2D eigenvalue weighted by atomic mass is 16.6. The normalized spacial score (nSPS) is 14.6. The fraction of sp³-hybridized carbons (Fsp3) is 0.714. The lowest BCUT2D eigenvalue weighted by Gasteiger charge is -2.01. The number of ether oxygens (including phenoxy) is 1. The summed E-state index contributed by atoms with van der Waals surface area (Å²) in [5.41, 5.74) is 0.208. The first-order valence-corrected chi connectivity index (χ1v) is 3.49. The summed E-state index contributed by atoms with van der Waals surface area (Å²) in [4.78, 5) is 9.88. The molecule has 11 heavy (non-hydrogen) atoms. The summed E-state index contributed by atoms with van der Waals surface area (Å²) in [5.74, 6) is 0. The summed E-state index contributed by atoms with van der Waals surface area (Å²) >= 11 is 0. The molecule has 0 fully saturated rings. The van der Waals surface area contributed by atoms with Crippen LogP contribution < -0.4 is 0 Å². The average Bonchev–Trinajstić information content (AvgIpc) is 1.99. The van der Waals surface area contributed by atoms with Gasteiger partial charge in [-0.25, -0.2) is 0 Å². The molecule has 1 atom stereocenters. The van der Waals surface area contributed by atoms with Crippen LogP contribution in [-0.4, -0.2) is 18.1 Å². The van der Waals surface area contributed by atoms with E-state index in [-0.39, 0.29) is 16.7 Å². The summed E-state index contributed by atoms with van der Waals surface area (Å²) in [7, 11) is 1.52. The molecule has 0 bridgehead atoms. The van der Waals surface area contributed by atoms with E-state index in [0.29, 0.717) is 6.42 Å². The van der Waals surface area contributed by atoms with Crippen LogP contribution in [0.15, 0.2) is 11.8 Å². The molecule has 0 radical (unpaired) electrons. The van der Waals surface area contributed by atoms with E-state index in [0.717, 1.165) is 0 Å². The lowest BCUT2D eigenvalue weighted by atomic mass is 10.2. The maximum atomic E-state index is 10.3. The van der Waals surface area contributed by atoms with Crippen molar-refractivity contribution in [3.8, 4) is 0 Å². The summed E-state index contributed by atoms with van der Waals surface area (Å²) in [6, 6.07) is 0. The Morgan fingerprint density at radius 3 is 2.64 bits per heavy atom. The predicted molar refractivity (Wildman–Crippen MR) is 41.8 cm³/mol. The second-order valence-electron chi connectivity index (χ2n) is 2.21. The van der Waals surface area contributed by atoms with Crippen LogP contribution in [0.3, 0.4) is 0 Å². The van der Waals surface area contributed by atoms with Gasteiger partial charge in [0, 0.05) is 19.6 Å². The molecule has 0 aromatic heterocycles. The lowest BCUT2D eigenvalue weighted by Crippen LogP contribution is -2.05. The number of nitro groups is 1. The minimum Gasteiger partial charge on any atom is -0.377 e. The second-order valence-corrected chi connectivity index (χ2v) is 2.21. The van der Waals surface area contributed by atoms with Crippen molar-refractivity contribution in [2.45, 2.75) is 26.4 Å². The van der Waals surface area contributed by atoms with Crippen LogP contribution in [0.1, 0.15) is 20.3 Å². The molecule has 0 aromatic rings. The molecule has 0 aliphatic carbocycles. The summed E-state index contributed by atoms with van der Waals surface area (Å²) in [6.07, 6.45) is 1.76. The van der Waals surface area contributed by atoms with E-state index >= 15 is 0 Å². The zero-order valence-corrected chi connectivity index (χ0v) is 7.03. The molecule has 0 aliphatic heterocycles. The summed E-state index contributed by atoms with van der Waals surface area (Å²) in [6.45, 7) is 3.51. The maximum absolute atomic E-state index is 10.3. The minimum atomic E-state index is -0.379. The van der Waals surface area contributed by atoms with Gasteiger partial charge in [-0.3, -0.25) is 10.1 Å². The molecule has 0 saturated heterocycles. The van der Waals surface area contributed by atoms with Gasteiger partial charge in [-0.1, -0.05) is 6.92 Å². The van der Waals surface area contributed by atoms with E-state index in [1.54, 1.807) is 13.8 Å². The first-order valence-electron chi connectivity index (χ1n) is 3.49. The topological polar surface area (TPSA) is 52.4 Å². The van der Waals surface area contributed by atoms with E-state index in [1.165, 1.54) is 13.2 Å². The van der Waals surface area contributed by atoms with Crippen LogP contribution in [0.4, 0.5) is 0 Å². The van der Waals surface area contributed by atoms with Gasteiger partial charge in [0.25, 0.3) is 0 Å². The number of rotatable bonds is 4. The molecule has 0 spiro atoms. The predicted octanol–water partition coefficient (Wildman–Crippen LogP) is 1.59. The van der Waals surface area contributed by atoms with Gasteiger partial charge in [0.2, 0.25) is 5.70 Å². The summed E-state index contributed by atoms with van der Waals surface area (Å²) in [5, 5.41) is 10.3. The van der Waals surface area contributed by atoms with Crippen LogP contribution >= 0.6 is 0 Å². The Kier molecular flexibility index (Phi) is 4.45. The molecule has 0 saturated carbocycles. The molecule has 0 rings (SSSR count). The SMILES string of the molecule is CC/C(=C/C(C)OC)[N+](=O)[O-]. The smallest absolute Gasteiger partial charge is 0.244 e. The largest absolute Gasteiger partial charge is 0.377 e. The van der Waals surface area contributed by atoms with Gasteiger partial charge < -0.3 is 4.74 Å². The standard InChI is InChI=1S/C7H13NO3/c1-4-7(8(9)10)5-6(2)11-3/h5-6H,4H2,1-3H3/b7-5-. The highest BCUT2D eigenvalue weighted by Crippen LogP contribution is 2.04. The fourth-order valence-corrected chi connectivity index (χ4v) is 0.647. The van der Waals surface area contributed by atoms with Crippen LogP contribution in [0, 0.1) is 10.1 Å². The monoisotopic (exact) mass is 159 g/mol. The van der Waals surface area contributed by atoms with Gasteiger partial charge in [-0.2, -0.15) is 0 Å². The fourth-order valence-electron chi connectivity index (χ4n) is 0.647. The van der Waals surface area contributed by atoms with Gasteiger partial charge in [0.05, 0.1) is 11.0 Å². The first kappa shape index (κ1) is 10.1. The molecule has 1 unspecified atom stereocenters. The third-order valence-electron chi connectivity index (χ3n) is 1.40. The van der Waals surface area contributed by atoms with Crippen molar-refractivity contribution in [1.29, 1.82) is 0 Å². The molecular weight excluding hydrogens is 146 g/mol. The van der Waals surface area contributed by atoms with Gasteiger partial charge >= 0.3 is 0 Å². The molecular formula is C7H13NO3. The minimum absolute atomic E-state index is 0.185. The van der Waals surface area contributed by atoms with Crippen LogP contribution in [0.2, 0.25) is 0 Å². The first-order chi connectivity index (χ1) is 5.11. The van der Waals surface area contributed by atoms with Crippen LogP contribution in [0.5, 0.6) is 0 Å². The Morgan fingerprint density at radius 1 is 1.82 bits per heavy atom. The molecule has 0 heterocycles. The van der Waals surface area contributed by atoms with E-state index in [4.69, 9.17) is 4.74 Å². The zero-order chi connectivity index (χ0) is 8.85. The number of methoxy groups -OCH3 is 1. The number of allylic oxidation sites excluding steroid dienone is 1. The van der Waals surface area contributed by atoms with Crippen molar-refractivity contribution < 1.29 is 9.66 Å². The third-order valence-corrected chi connectivity index (χ3v) is 1.40. The molecule has 0 aromatic carbocycles. The average molecular weight is 159 g/mol. The Bertz CT molecular complexity index is 165. The third kappa shape index (κ3) is 3.72. The molecule has 64 valence electrons. The van der Waals surface area contributed by atoms with E-state index < -0.39 is 0 Å². The zero-order valence-electron chi connectivity index (χ0n) is 7.03. The second kappa shape index (κ2) is 4.85. The Balaban J connectivity index is 4.22. The molecule has 4 nitrogen and oxygen atoms in total. The van der Waals surface area contributed by atoms with Crippen molar-refractivity contribution in [3.63, 3.8) is 0 Å². The van der Waals surface area contributed by atoms with Crippen molar-refractivity contribution in [2.75, 3.05) is 7.11 Å². The Hall–Kier alpha value is -0.900. The van der Waals surface area contributed by atoms with Crippen LogP contribution in [-0.2, 0) is 4.74 Å². The lowest BCUT2D eigenvalue weighted by molar-refractivity contribution is -0.428. The molecule has 4 heteroatoms. The maximum Gasteiger partial charge on any atom is 0.244 e. The van der Waals surface area contributed by atoms with Crippen molar-refractivity contribution in [3.05, 3.63) is 21.9 Å². The number of nitrogens with zero attached hydrogens (tertiary/aromatic N) is 1. The van der Waals surface area contributed by atoms with Gasteiger partial charge in [-0.05, 0) is 6.92 Å². The molecule has 0 amide bonds. The molecule has 0 N–H and O–H groups in total. The van der Waals surface area contributed by atoms with Crippen molar-refractivity contribution in [1.82, 2.24) is 0 Å². The quantitative estimate of drug-likeness (QED) is 0.462. The molecule has 0 aliphatic rings. The van der Waals surface area contributed by atoms with Gasteiger partial charge in [-0.15, -0.1) is 0 Å². The number of hydrogen-bond donors (Lipinski definition) is 0. The Labute approximate surface area is 66.0 Å². The summed E-state index contributed by atoms with van der Waals surface area (Å²) < 4.78 is 4.85. The van der Waals surface area contributed by atoms with Gasteiger partial charge in [0.1, 0.15) is 0 Å². The van der Waals surface area contributed by atoms with Crippen molar-refractivity contribution in [2.24, 2.45) is 0 Å². The highest BCUT2D eigenvalue weighted by Gasteiger charge is 2.08. The van der Waals surface area contributed by atoms with E-state index in [2.05, 4.69) is 0 Å². The number of hydrogen-bond acceptors (Lipinski definition) is 3. The van der Waals surface area contributed by atoms with Gasteiger partial charge in [0.15, 0.2) is 0 Å². The highest BCUT2D eigenvalue weighted by molar-refractivity contribution is 4.94. The van der Waals surface area contributed by atoms with Crippen LogP contribution in [0.25, 0.3) is 0 Å².